The van der Waals surface area contributed by atoms with Crippen molar-refractivity contribution in [3.63, 3.8) is 0 Å². The molecule has 0 aliphatic rings. The van der Waals surface area contributed by atoms with Crippen LogP contribution in [-0.2, 0) is 18.4 Å². The molecule has 0 radical (unpaired) electrons. The number of rotatable bonds is 47. The minimum absolute atomic E-state index is 0.0665. The zero-order valence-electron chi connectivity index (χ0n) is 44.0. The normalized spacial score (nSPS) is 15.0. The van der Waals surface area contributed by atoms with E-state index in [0.717, 1.165) is 109 Å². The molecule has 68 heavy (non-hydrogen) atoms. The Labute approximate surface area is 418 Å². The fourth-order valence-corrected chi connectivity index (χ4v) is 7.75. The average molecular weight is 966 g/mol. The molecule has 0 bridgehead atoms. The Morgan fingerprint density at radius 2 is 0.882 bits per heavy atom. The first-order valence-electron chi connectivity index (χ1n) is 26.9. The summed E-state index contributed by atoms with van der Waals surface area (Å²) in [6.45, 7) is 4.69. The molecule has 0 aliphatic heterocycles. The van der Waals surface area contributed by atoms with E-state index in [1.165, 1.54) is 57.8 Å². The van der Waals surface area contributed by atoms with E-state index in [-0.39, 0.29) is 19.1 Å². The number of aliphatic hydroxyl groups is 1. The van der Waals surface area contributed by atoms with Crippen LogP contribution in [0.4, 0.5) is 0 Å². The van der Waals surface area contributed by atoms with Gasteiger partial charge in [-0.15, -0.1) is 0 Å². The van der Waals surface area contributed by atoms with Gasteiger partial charge in [-0.3, -0.25) is 13.8 Å². The molecule has 9 heteroatoms. The topological polar surface area (TPSA) is 105 Å². The highest BCUT2D eigenvalue weighted by Gasteiger charge is 2.28. The first kappa shape index (κ1) is 64.9. The van der Waals surface area contributed by atoms with Crippen LogP contribution in [0.5, 0.6) is 0 Å². The smallest absolute Gasteiger partial charge is 0.391 e. The van der Waals surface area contributed by atoms with Gasteiger partial charge in [0.05, 0.1) is 39.9 Å². The summed E-state index contributed by atoms with van der Waals surface area (Å²) in [7, 11) is 1.59. The first-order valence-corrected chi connectivity index (χ1v) is 28.4. The molecule has 0 aromatic rings. The third-order valence-electron chi connectivity index (χ3n) is 11.2. The summed E-state index contributed by atoms with van der Waals surface area (Å²) in [6, 6.07) is -0.770. The van der Waals surface area contributed by atoms with Crippen LogP contribution in [0.1, 0.15) is 194 Å². The first-order chi connectivity index (χ1) is 33.0. The van der Waals surface area contributed by atoms with Crippen molar-refractivity contribution >= 4 is 13.7 Å². The lowest BCUT2D eigenvalue weighted by Crippen LogP contribution is -2.46. The Bertz CT molecular complexity index is 1510. The van der Waals surface area contributed by atoms with Gasteiger partial charge in [-0.05, 0) is 89.9 Å². The lowest BCUT2D eigenvalue weighted by atomic mass is 10.0. The molecule has 0 fully saturated rings. The Kier molecular flexibility index (Phi) is 46.7. The molecule has 0 rings (SSSR count). The number of carbonyl (C=O) groups is 1. The summed E-state index contributed by atoms with van der Waals surface area (Å²) in [5.74, 6) is -0.163. The number of allylic oxidation sites excluding steroid dienone is 20. The lowest BCUT2D eigenvalue weighted by Gasteiger charge is -2.26. The fraction of sp³-hybridized carbons (Fsp3) is 0.644. The molecule has 0 heterocycles. The standard InChI is InChI=1S/C59H101N2O6P/c1-6-8-10-12-14-15-16-17-18-19-20-21-22-23-24-25-26-27-28-29-30-31-32-33-34-35-36-37-38-39-40-41-42-43-44-45-47-49-51-53-59(63)60-57(58(62)52-50-48-46-13-11-9-7-2)56-67-68(64,65)66-55-54-61(3,4)5/h8,10,14-15,17-18,20-21,23-24,26-27,29-30,32-33,35-36,38-39,57-58,62H,6-7,9,11-13,16,19,22,25,28,31,34,37,40-56H2,1-5H3,(H-,60,63,64,65)/p+1/b10-8-,15-14-,18-17-,21-20-,24-23-,27-26-,30-29-,33-32-,36-35-,39-38-. The van der Waals surface area contributed by atoms with Gasteiger partial charge in [0.2, 0.25) is 5.91 Å². The van der Waals surface area contributed by atoms with Crippen molar-refractivity contribution in [2.45, 2.75) is 206 Å². The van der Waals surface area contributed by atoms with E-state index >= 15 is 0 Å². The number of hydrogen-bond acceptors (Lipinski definition) is 5. The van der Waals surface area contributed by atoms with Crippen LogP contribution < -0.4 is 5.32 Å². The molecule has 0 aliphatic carbocycles. The van der Waals surface area contributed by atoms with Crippen molar-refractivity contribution in [3.8, 4) is 0 Å². The molecule has 0 aromatic carbocycles. The molecule has 0 saturated carbocycles. The number of unbranched alkanes of at least 4 members (excludes halogenated alkanes) is 14. The van der Waals surface area contributed by atoms with Gasteiger partial charge in [0.1, 0.15) is 13.2 Å². The number of phosphoric acid groups is 1. The van der Waals surface area contributed by atoms with Gasteiger partial charge >= 0.3 is 7.82 Å². The maximum absolute atomic E-state index is 12.9. The van der Waals surface area contributed by atoms with Crippen LogP contribution in [0, 0.1) is 0 Å². The fourth-order valence-electron chi connectivity index (χ4n) is 7.01. The number of amides is 1. The van der Waals surface area contributed by atoms with Crippen LogP contribution in [0.25, 0.3) is 0 Å². The summed E-state index contributed by atoms with van der Waals surface area (Å²) >= 11 is 0. The number of nitrogens with one attached hydrogen (secondary N) is 1. The van der Waals surface area contributed by atoms with Gasteiger partial charge in [-0.25, -0.2) is 4.57 Å². The minimum Gasteiger partial charge on any atom is -0.391 e. The average Bonchev–Trinajstić information content (AvgIpc) is 3.30. The highest BCUT2D eigenvalue weighted by molar-refractivity contribution is 7.47. The Balaban J connectivity index is 4.01. The van der Waals surface area contributed by atoms with Crippen molar-refractivity contribution in [2.75, 3.05) is 40.9 Å². The van der Waals surface area contributed by atoms with Crippen LogP contribution in [0.15, 0.2) is 122 Å². The summed E-state index contributed by atoms with van der Waals surface area (Å²) in [5, 5.41) is 13.9. The van der Waals surface area contributed by atoms with Crippen LogP contribution in [0.2, 0.25) is 0 Å². The van der Waals surface area contributed by atoms with Crippen molar-refractivity contribution in [1.82, 2.24) is 5.32 Å². The molecular formula is C59H102N2O6P+. The molecule has 8 nitrogen and oxygen atoms in total. The summed E-state index contributed by atoms with van der Waals surface area (Å²) in [5.41, 5.74) is 0. The number of quaternary nitrogens is 1. The molecule has 0 aromatic heterocycles. The van der Waals surface area contributed by atoms with Gasteiger partial charge in [-0.2, -0.15) is 0 Å². The third kappa shape index (κ3) is 50.8. The molecule has 388 valence electrons. The monoisotopic (exact) mass is 966 g/mol. The van der Waals surface area contributed by atoms with Gasteiger partial charge in [-0.1, -0.05) is 219 Å². The van der Waals surface area contributed by atoms with E-state index in [1.807, 2.05) is 21.1 Å². The summed E-state index contributed by atoms with van der Waals surface area (Å²) in [6.07, 6.45) is 72.8. The number of nitrogens with zero attached hydrogens (tertiary/aromatic N) is 1. The number of carbonyl (C=O) groups excluding carboxylic acids is 1. The second kappa shape index (κ2) is 48.9. The van der Waals surface area contributed by atoms with Gasteiger partial charge in [0, 0.05) is 6.42 Å². The van der Waals surface area contributed by atoms with Gasteiger partial charge in [0.25, 0.3) is 0 Å². The highest BCUT2D eigenvalue weighted by atomic mass is 31.2. The maximum Gasteiger partial charge on any atom is 0.472 e. The molecule has 1 amide bonds. The second-order valence-corrected chi connectivity index (χ2v) is 20.3. The predicted octanol–water partition coefficient (Wildman–Crippen LogP) is 16.2. The molecule has 3 unspecified atom stereocenters. The molecule has 3 atom stereocenters. The number of likely N-dealkylation sites (N-methyl/N-ethyl adjacent to an activating group) is 1. The Morgan fingerprint density at radius 1 is 0.515 bits per heavy atom. The minimum atomic E-state index is -4.32. The van der Waals surface area contributed by atoms with Crippen molar-refractivity contribution in [1.29, 1.82) is 0 Å². The van der Waals surface area contributed by atoms with Gasteiger partial charge < -0.3 is 19.8 Å². The summed E-state index contributed by atoms with van der Waals surface area (Å²) < 4.78 is 23.5. The molecular weight excluding hydrogens is 864 g/mol. The largest absolute Gasteiger partial charge is 0.472 e. The molecule has 0 spiro atoms. The predicted molar refractivity (Wildman–Crippen MR) is 295 cm³/mol. The Hall–Kier alpha value is -3.10. The quantitative estimate of drug-likeness (QED) is 0.0243. The zero-order valence-corrected chi connectivity index (χ0v) is 44.9. The summed E-state index contributed by atoms with van der Waals surface area (Å²) in [4.78, 5) is 23.1. The van der Waals surface area contributed by atoms with Crippen LogP contribution in [0.3, 0.4) is 0 Å². The number of aliphatic hydroxyl groups excluding tert-OH is 1. The van der Waals surface area contributed by atoms with E-state index < -0.39 is 20.0 Å². The van der Waals surface area contributed by atoms with E-state index in [2.05, 4.69) is 141 Å². The van der Waals surface area contributed by atoms with Crippen molar-refractivity contribution in [2.24, 2.45) is 0 Å². The lowest BCUT2D eigenvalue weighted by molar-refractivity contribution is -0.870. The molecule has 0 saturated heterocycles. The van der Waals surface area contributed by atoms with Crippen LogP contribution >= 0.6 is 7.82 Å². The van der Waals surface area contributed by atoms with Crippen molar-refractivity contribution < 1.29 is 32.9 Å². The van der Waals surface area contributed by atoms with Crippen molar-refractivity contribution in [3.05, 3.63) is 122 Å². The SMILES string of the molecule is CC/C=C\C/C=C\C/C=C\C/C=C\C/C=C\C/C=C\C/C=C\C/C=C\C/C=C\C/C=C\CCCCCCCCCCC(=O)NC(COP(=O)(O)OCC[N+](C)(C)C)C(O)CCCCCCCCC. The maximum atomic E-state index is 12.9. The van der Waals surface area contributed by atoms with E-state index in [9.17, 15) is 19.4 Å². The Morgan fingerprint density at radius 3 is 1.29 bits per heavy atom. The number of phosphoric ester groups is 1. The third-order valence-corrected chi connectivity index (χ3v) is 12.2. The van der Waals surface area contributed by atoms with Crippen LogP contribution in [-0.4, -0.2) is 73.4 Å². The van der Waals surface area contributed by atoms with E-state index in [0.29, 0.717) is 23.9 Å². The van der Waals surface area contributed by atoms with Gasteiger partial charge in [0.15, 0.2) is 0 Å². The number of hydrogen-bond donors (Lipinski definition) is 3. The highest BCUT2D eigenvalue weighted by Crippen LogP contribution is 2.43. The second-order valence-electron chi connectivity index (χ2n) is 18.9. The zero-order chi connectivity index (χ0) is 49.9. The van der Waals surface area contributed by atoms with E-state index in [1.54, 1.807) is 0 Å². The molecule has 3 N–H and O–H groups in total. The van der Waals surface area contributed by atoms with E-state index in [4.69, 9.17) is 9.05 Å².